The highest BCUT2D eigenvalue weighted by Crippen LogP contribution is 2.17. The lowest BCUT2D eigenvalue weighted by atomic mass is 10.1. The molecule has 4 nitrogen and oxygen atoms in total. The van der Waals surface area contributed by atoms with Crippen LogP contribution in [0.2, 0.25) is 0 Å². The lowest BCUT2D eigenvalue weighted by molar-refractivity contribution is 0.235. The van der Waals surface area contributed by atoms with Crippen molar-refractivity contribution in [3.05, 3.63) is 29.8 Å². The van der Waals surface area contributed by atoms with E-state index in [-0.39, 0.29) is 12.1 Å². The molecule has 0 aliphatic heterocycles. The first-order chi connectivity index (χ1) is 11.1. The maximum absolute atomic E-state index is 11.9. The Labute approximate surface area is 140 Å². The molecule has 0 spiro atoms. The summed E-state index contributed by atoms with van der Waals surface area (Å²) in [6, 6.07) is 8.41. The van der Waals surface area contributed by atoms with Crippen LogP contribution in [-0.4, -0.2) is 24.7 Å². The zero-order valence-electron chi connectivity index (χ0n) is 14.4. The van der Waals surface area contributed by atoms with Crippen LogP contribution in [0.3, 0.4) is 0 Å². The molecule has 4 heteroatoms. The lowest BCUT2D eigenvalue weighted by Crippen LogP contribution is -2.42. The summed E-state index contributed by atoms with van der Waals surface area (Å²) in [6.45, 7) is 4.69. The Hall–Kier alpha value is -1.71. The van der Waals surface area contributed by atoms with Crippen LogP contribution in [0.5, 0.6) is 5.75 Å². The van der Waals surface area contributed by atoms with E-state index in [2.05, 4.69) is 22.8 Å². The Morgan fingerprint density at radius 3 is 2.39 bits per heavy atom. The third kappa shape index (κ3) is 6.93. The summed E-state index contributed by atoms with van der Waals surface area (Å²) >= 11 is 0. The van der Waals surface area contributed by atoms with Crippen LogP contribution in [0.4, 0.5) is 4.79 Å². The molecule has 1 saturated carbocycles. The first-order valence-corrected chi connectivity index (χ1v) is 8.93. The van der Waals surface area contributed by atoms with Crippen molar-refractivity contribution in [2.24, 2.45) is 0 Å². The van der Waals surface area contributed by atoms with Gasteiger partial charge in [0.15, 0.2) is 0 Å². The minimum absolute atomic E-state index is 0.0309. The van der Waals surface area contributed by atoms with E-state index in [0.29, 0.717) is 12.6 Å². The number of ether oxygens (including phenoxy) is 1. The summed E-state index contributed by atoms with van der Waals surface area (Å²) in [5.74, 6) is 0.891. The first kappa shape index (κ1) is 17.6. The van der Waals surface area contributed by atoms with Crippen LogP contribution in [0.25, 0.3) is 0 Å². The maximum Gasteiger partial charge on any atom is 0.315 e. The van der Waals surface area contributed by atoms with E-state index < -0.39 is 0 Å². The standard InChI is InChI=1S/C19H30N2O2/c1-15(2)23-18-11-9-16(10-12-18)13-14-20-19(22)21-17-7-5-3-4-6-8-17/h9-12,15,17H,3-8,13-14H2,1-2H3,(H2,20,21,22). The van der Waals surface area contributed by atoms with Crippen molar-refractivity contribution in [2.45, 2.75) is 70.9 Å². The Morgan fingerprint density at radius 1 is 1.13 bits per heavy atom. The molecule has 1 fully saturated rings. The monoisotopic (exact) mass is 318 g/mol. The smallest absolute Gasteiger partial charge is 0.315 e. The zero-order chi connectivity index (χ0) is 16.5. The van der Waals surface area contributed by atoms with E-state index in [4.69, 9.17) is 4.74 Å². The molecule has 2 rings (SSSR count). The molecule has 0 radical (unpaired) electrons. The number of hydrogen-bond donors (Lipinski definition) is 2. The number of urea groups is 1. The predicted octanol–water partition coefficient (Wildman–Crippen LogP) is 4.04. The molecule has 1 aliphatic carbocycles. The fraction of sp³-hybridized carbons (Fsp3) is 0.632. The van der Waals surface area contributed by atoms with Crippen molar-refractivity contribution in [3.8, 4) is 5.75 Å². The summed E-state index contributed by atoms with van der Waals surface area (Å²) in [5, 5.41) is 6.07. The van der Waals surface area contributed by atoms with E-state index >= 15 is 0 Å². The molecule has 0 unspecified atom stereocenters. The lowest BCUT2D eigenvalue weighted by Gasteiger charge is -2.16. The van der Waals surface area contributed by atoms with Gasteiger partial charge in [0.1, 0.15) is 5.75 Å². The van der Waals surface area contributed by atoms with Crippen molar-refractivity contribution >= 4 is 6.03 Å². The van der Waals surface area contributed by atoms with Gasteiger partial charge in [0.25, 0.3) is 0 Å². The van der Waals surface area contributed by atoms with E-state index in [1.54, 1.807) is 0 Å². The number of nitrogens with one attached hydrogen (secondary N) is 2. The van der Waals surface area contributed by atoms with Gasteiger partial charge in [-0.15, -0.1) is 0 Å². The third-order valence-corrected chi connectivity index (χ3v) is 4.18. The normalized spacial score (nSPS) is 16.0. The van der Waals surface area contributed by atoms with Gasteiger partial charge in [0, 0.05) is 12.6 Å². The van der Waals surface area contributed by atoms with Crippen molar-refractivity contribution < 1.29 is 9.53 Å². The summed E-state index contributed by atoms with van der Waals surface area (Å²) in [6.07, 6.45) is 8.32. The van der Waals surface area contributed by atoms with Crippen LogP contribution in [-0.2, 0) is 6.42 Å². The van der Waals surface area contributed by atoms with Crippen LogP contribution >= 0.6 is 0 Å². The summed E-state index contributed by atoms with van der Waals surface area (Å²) < 4.78 is 5.63. The fourth-order valence-electron chi connectivity index (χ4n) is 2.99. The number of hydrogen-bond acceptors (Lipinski definition) is 2. The molecule has 128 valence electrons. The van der Waals surface area contributed by atoms with E-state index in [1.165, 1.54) is 31.2 Å². The van der Waals surface area contributed by atoms with E-state index in [9.17, 15) is 4.79 Å². The highest BCUT2D eigenvalue weighted by Gasteiger charge is 2.14. The molecule has 0 aromatic heterocycles. The summed E-state index contributed by atoms with van der Waals surface area (Å²) in [4.78, 5) is 11.9. The average Bonchev–Trinajstić information content (AvgIpc) is 2.77. The maximum atomic E-state index is 11.9. The van der Waals surface area contributed by atoms with Crippen LogP contribution in [0.1, 0.15) is 57.9 Å². The van der Waals surface area contributed by atoms with E-state index in [1.807, 2.05) is 26.0 Å². The fourth-order valence-corrected chi connectivity index (χ4v) is 2.99. The Morgan fingerprint density at radius 2 is 1.78 bits per heavy atom. The van der Waals surface area contributed by atoms with Gasteiger partial charge < -0.3 is 15.4 Å². The number of benzene rings is 1. The molecular formula is C19H30N2O2. The van der Waals surface area contributed by atoms with Crippen LogP contribution in [0.15, 0.2) is 24.3 Å². The second kappa shape index (κ2) is 9.43. The SMILES string of the molecule is CC(C)Oc1ccc(CCNC(=O)NC2CCCCCC2)cc1. The summed E-state index contributed by atoms with van der Waals surface area (Å²) in [5.41, 5.74) is 1.20. The first-order valence-electron chi connectivity index (χ1n) is 8.93. The van der Waals surface area contributed by atoms with Gasteiger partial charge >= 0.3 is 6.03 Å². The molecule has 1 aliphatic rings. The van der Waals surface area contributed by atoms with Gasteiger partial charge in [-0.1, -0.05) is 37.8 Å². The number of carbonyl (C=O) groups is 1. The Bertz CT molecular complexity index is 463. The Kier molecular flexibility index (Phi) is 7.24. The minimum atomic E-state index is -0.0309. The molecule has 1 aromatic rings. The number of rotatable bonds is 6. The topological polar surface area (TPSA) is 50.4 Å². The number of amides is 2. The zero-order valence-corrected chi connectivity index (χ0v) is 14.4. The predicted molar refractivity (Wildman–Crippen MR) is 93.9 cm³/mol. The summed E-state index contributed by atoms with van der Waals surface area (Å²) in [7, 11) is 0. The molecule has 0 heterocycles. The largest absolute Gasteiger partial charge is 0.491 e. The van der Waals surface area contributed by atoms with Gasteiger partial charge in [-0.2, -0.15) is 0 Å². The molecule has 0 atom stereocenters. The second-order valence-electron chi connectivity index (χ2n) is 6.65. The van der Waals surface area contributed by atoms with Gasteiger partial charge in [-0.05, 0) is 50.8 Å². The molecule has 2 N–H and O–H groups in total. The van der Waals surface area contributed by atoms with Crippen molar-refractivity contribution in [1.82, 2.24) is 10.6 Å². The van der Waals surface area contributed by atoms with Crippen molar-refractivity contribution in [3.63, 3.8) is 0 Å². The number of carbonyl (C=O) groups excluding carboxylic acids is 1. The minimum Gasteiger partial charge on any atom is -0.491 e. The quantitative estimate of drug-likeness (QED) is 0.778. The van der Waals surface area contributed by atoms with Gasteiger partial charge in [-0.25, -0.2) is 4.79 Å². The molecular weight excluding hydrogens is 288 g/mol. The van der Waals surface area contributed by atoms with Crippen molar-refractivity contribution in [2.75, 3.05) is 6.54 Å². The third-order valence-electron chi connectivity index (χ3n) is 4.18. The average molecular weight is 318 g/mol. The van der Waals surface area contributed by atoms with Gasteiger partial charge in [0.2, 0.25) is 0 Å². The molecule has 0 bridgehead atoms. The van der Waals surface area contributed by atoms with Crippen LogP contribution < -0.4 is 15.4 Å². The van der Waals surface area contributed by atoms with Crippen molar-refractivity contribution in [1.29, 1.82) is 0 Å². The Balaban J connectivity index is 1.66. The van der Waals surface area contributed by atoms with E-state index in [0.717, 1.165) is 25.0 Å². The molecule has 2 amide bonds. The van der Waals surface area contributed by atoms with Gasteiger partial charge in [-0.3, -0.25) is 0 Å². The van der Waals surface area contributed by atoms with Gasteiger partial charge in [0.05, 0.1) is 6.10 Å². The van der Waals surface area contributed by atoms with Crippen LogP contribution in [0, 0.1) is 0 Å². The molecule has 1 aromatic carbocycles. The molecule has 23 heavy (non-hydrogen) atoms. The molecule has 0 saturated heterocycles. The highest BCUT2D eigenvalue weighted by atomic mass is 16.5. The highest BCUT2D eigenvalue weighted by molar-refractivity contribution is 5.74. The second-order valence-corrected chi connectivity index (χ2v) is 6.65.